The summed E-state index contributed by atoms with van der Waals surface area (Å²) in [6.45, 7) is 2.94. The molecule has 1 heterocycles. The molecule has 2 atom stereocenters. The van der Waals surface area contributed by atoms with E-state index in [1.807, 2.05) is 12.1 Å². The first-order valence-corrected chi connectivity index (χ1v) is 8.94. The zero-order chi connectivity index (χ0) is 14.6. The number of sulfone groups is 1. The van der Waals surface area contributed by atoms with Gasteiger partial charge in [-0.3, -0.25) is 0 Å². The summed E-state index contributed by atoms with van der Waals surface area (Å²) < 4.78 is 28.3. The minimum absolute atomic E-state index is 0.212. The molecule has 0 radical (unpaired) electrons. The van der Waals surface area contributed by atoms with Crippen molar-refractivity contribution in [2.75, 3.05) is 25.2 Å². The van der Waals surface area contributed by atoms with Crippen molar-refractivity contribution in [2.45, 2.75) is 25.8 Å². The molecule has 0 bridgehead atoms. The maximum absolute atomic E-state index is 11.6. The van der Waals surface area contributed by atoms with Crippen LogP contribution in [-0.4, -0.2) is 33.6 Å². The third-order valence-corrected chi connectivity index (χ3v) is 5.70. The van der Waals surface area contributed by atoms with Gasteiger partial charge in [-0.05, 0) is 43.0 Å². The van der Waals surface area contributed by atoms with Gasteiger partial charge in [0.25, 0.3) is 0 Å². The first-order chi connectivity index (χ1) is 9.54. The highest BCUT2D eigenvalue weighted by atomic mass is 32.2. The van der Waals surface area contributed by atoms with E-state index in [4.69, 9.17) is 4.74 Å². The Morgan fingerprint density at radius 2 is 2.05 bits per heavy atom. The number of ether oxygens (including phenoxy) is 1. The number of hydrogen-bond acceptors (Lipinski definition) is 4. The average molecular weight is 297 g/mol. The lowest BCUT2D eigenvalue weighted by atomic mass is 9.94. The van der Waals surface area contributed by atoms with Gasteiger partial charge in [0, 0.05) is 6.04 Å². The summed E-state index contributed by atoms with van der Waals surface area (Å²) in [5.41, 5.74) is 1.19. The van der Waals surface area contributed by atoms with Gasteiger partial charge in [0.2, 0.25) is 0 Å². The molecule has 1 aliphatic rings. The fourth-order valence-corrected chi connectivity index (χ4v) is 4.69. The van der Waals surface area contributed by atoms with E-state index in [1.54, 1.807) is 7.11 Å². The Bertz CT molecular complexity index is 525. The third-order valence-electron chi connectivity index (χ3n) is 3.86. The van der Waals surface area contributed by atoms with E-state index < -0.39 is 9.84 Å². The summed E-state index contributed by atoms with van der Waals surface area (Å²) in [6, 6.07) is 8.21. The number of benzene rings is 1. The second-order valence-electron chi connectivity index (χ2n) is 5.39. The average Bonchev–Trinajstić information content (AvgIpc) is 2.78. The molecule has 0 aliphatic carbocycles. The van der Waals surface area contributed by atoms with Gasteiger partial charge in [0.15, 0.2) is 9.84 Å². The van der Waals surface area contributed by atoms with E-state index in [1.165, 1.54) is 5.56 Å². The van der Waals surface area contributed by atoms with E-state index in [2.05, 4.69) is 24.4 Å². The Kier molecular flexibility index (Phi) is 5.05. The Morgan fingerprint density at radius 1 is 1.35 bits per heavy atom. The molecule has 1 aromatic carbocycles. The minimum atomic E-state index is -2.80. The molecule has 1 aromatic rings. The van der Waals surface area contributed by atoms with Gasteiger partial charge in [-0.2, -0.15) is 0 Å². The van der Waals surface area contributed by atoms with Crippen LogP contribution in [0.5, 0.6) is 5.75 Å². The molecule has 112 valence electrons. The smallest absolute Gasteiger partial charge is 0.150 e. The van der Waals surface area contributed by atoms with Crippen LogP contribution in [0.15, 0.2) is 24.3 Å². The number of rotatable bonds is 6. The lowest BCUT2D eigenvalue weighted by molar-refractivity contribution is 0.410. The van der Waals surface area contributed by atoms with Crippen LogP contribution in [0.25, 0.3) is 0 Å². The summed E-state index contributed by atoms with van der Waals surface area (Å²) >= 11 is 0. The van der Waals surface area contributed by atoms with E-state index in [0.717, 1.165) is 25.1 Å². The van der Waals surface area contributed by atoms with Crippen molar-refractivity contribution >= 4 is 9.84 Å². The Balaban J connectivity index is 2.06. The topological polar surface area (TPSA) is 55.4 Å². The molecular weight excluding hydrogens is 274 g/mol. The van der Waals surface area contributed by atoms with Crippen LogP contribution in [0.1, 0.15) is 31.4 Å². The van der Waals surface area contributed by atoms with Gasteiger partial charge in [0.05, 0.1) is 18.6 Å². The molecule has 2 rings (SSSR count). The van der Waals surface area contributed by atoms with Gasteiger partial charge >= 0.3 is 0 Å². The zero-order valence-corrected chi connectivity index (χ0v) is 12.9. The first-order valence-electron chi connectivity index (χ1n) is 7.12. The molecule has 5 heteroatoms. The van der Waals surface area contributed by atoms with Crippen LogP contribution in [0, 0.1) is 5.92 Å². The van der Waals surface area contributed by atoms with Gasteiger partial charge in [0.1, 0.15) is 5.75 Å². The molecule has 4 nitrogen and oxygen atoms in total. The molecule has 0 spiro atoms. The Morgan fingerprint density at radius 3 is 2.55 bits per heavy atom. The van der Waals surface area contributed by atoms with Crippen molar-refractivity contribution in [3.8, 4) is 5.75 Å². The van der Waals surface area contributed by atoms with Crippen LogP contribution >= 0.6 is 0 Å². The van der Waals surface area contributed by atoms with E-state index in [-0.39, 0.29) is 12.0 Å². The predicted octanol–water partition coefficient (Wildman–Crippen LogP) is 2.17. The molecule has 1 saturated heterocycles. The van der Waals surface area contributed by atoms with E-state index in [9.17, 15) is 8.42 Å². The van der Waals surface area contributed by atoms with Crippen molar-refractivity contribution in [1.29, 1.82) is 0 Å². The minimum Gasteiger partial charge on any atom is -0.497 e. The van der Waals surface area contributed by atoms with Crippen LogP contribution in [-0.2, 0) is 9.84 Å². The van der Waals surface area contributed by atoms with Crippen LogP contribution in [0.3, 0.4) is 0 Å². The van der Waals surface area contributed by atoms with E-state index in [0.29, 0.717) is 11.5 Å². The third kappa shape index (κ3) is 3.96. The zero-order valence-electron chi connectivity index (χ0n) is 12.1. The summed E-state index contributed by atoms with van der Waals surface area (Å²) in [7, 11) is -1.14. The highest BCUT2D eigenvalue weighted by Crippen LogP contribution is 2.29. The van der Waals surface area contributed by atoms with Crippen molar-refractivity contribution in [3.63, 3.8) is 0 Å². The van der Waals surface area contributed by atoms with Crippen molar-refractivity contribution in [3.05, 3.63) is 29.8 Å². The summed E-state index contributed by atoms with van der Waals surface area (Å²) in [5.74, 6) is 1.79. The van der Waals surface area contributed by atoms with Crippen molar-refractivity contribution in [1.82, 2.24) is 5.32 Å². The van der Waals surface area contributed by atoms with Crippen molar-refractivity contribution in [2.24, 2.45) is 5.92 Å². The summed E-state index contributed by atoms with van der Waals surface area (Å²) in [4.78, 5) is 0. The maximum atomic E-state index is 11.6. The fraction of sp³-hybridized carbons (Fsp3) is 0.600. The molecule has 1 aliphatic heterocycles. The maximum Gasteiger partial charge on any atom is 0.150 e. The fourth-order valence-electron chi connectivity index (χ4n) is 2.81. The number of nitrogens with one attached hydrogen (secondary N) is 1. The van der Waals surface area contributed by atoms with Gasteiger partial charge in [-0.1, -0.05) is 19.1 Å². The molecule has 20 heavy (non-hydrogen) atoms. The van der Waals surface area contributed by atoms with Gasteiger partial charge in [-0.25, -0.2) is 8.42 Å². The van der Waals surface area contributed by atoms with Crippen molar-refractivity contribution < 1.29 is 13.2 Å². The highest BCUT2D eigenvalue weighted by molar-refractivity contribution is 7.91. The molecule has 1 fully saturated rings. The monoisotopic (exact) mass is 297 g/mol. The number of hydrogen-bond donors (Lipinski definition) is 1. The standard InChI is InChI=1S/C15H23NO3S/c1-3-16-15(10-12-8-9-20(17,18)11-12)13-4-6-14(19-2)7-5-13/h4-7,12,15-16H,3,8-11H2,1-2H3. The second-order valence-corrected chi connectivity index (χ2v) is 7.62. The quantitative estimate of drug-likeness (QED) is 0.874. The van der Waals surface area contributed by atoms with Gasteiger partial charge < -0.3 is 10.1 Å². The normalized spacial score (nSPS) is 22.6. The molecule has 1 N–H and O–H groups in total. The lowest BCUT2D eigenvalue weighted by Crippen LogP contribution is -2.24. The molecule has 0 aromatic heterocycles. The number of methoxy groups -OCH3 is 1. The second kappa shape index (κ2) is 6.59. The molecular formula is C15H23NO3S. The predicted molar refractivity (Wildman–Crippen MR) is 80.8 cm³/mol. The van der Waals surface area contributed by atoms with Crippen LogP contribution in [0.4, 0.5) is 0 Å². The van der Waals surface area contributed by atoms with Crippen LogP contribution < -0.4 is 10.1 Å². The largest absolute Gasteiger partial charge is 0.497 e. The van der Waals surface area contributed by atoms with E-state index >= 15 is 0 Å². The van der Waals surface area contributed by atoms with Crippen LogP contribution in [0.2, 0.25) is 0 Å². The molecule has 2 unspecified atom stereocenters. The Labute approximate surface area is 121 Å². The summed E-state index contributed by atoms with van der Waals surface area (Å²) in [6.07, 6.45) is 1.67. The Hall–Kier alpha value is -1.07. The SMILES string of the molecule is CCNC(CC1CCS(=O)(=O)C1)c1ccc(OC)cc1. The summed E-state index contributed by atoms with van der Waals surface area (Å²) in [5, 5.41) is 3.45. The molecule has 0 amide bonds. The first kappa shape index (κ1) is 15.3. The molecule has 0 saturated carbocycles. The highest BCUT2D eigenvalue weighted by Gasteiger charge is 2.29. The van der Waals surface area contributed by atoms with Gasteiger partial charge in [-0.15, -0.1) is 0 Å². The lowest BCUT2D eigenvalue weighted by Gasteiger charge is -2.21.